The summed E-state index contributed by atoms with van der Waals surface area (Å²) >= 11 is 0. The number of piperidine rings is 1. The van der Waals surface area contributed by atoms with Crippen molar-refractivity contribution in [1.29, 1.82) is 0 Å². The summed E-state index contributed by atoms with van der Waals surface area (Å²) in [6, 6.07) is 0. The van der Waals surface area contributed by atoms with Gasteiger partial charge in [0.2, 0.25) is 5.91 Å². The Kier molecular flexibility index (Phi) is 5.55. The molecule has 20 heavy (non-hydrogen) atoms. The summed E-state index contributed by atoms with van der Waals surface area (Å²) in [5, 5.41) is 12.5. The van der Waals surface area contributed by atoms with Crippen molar-refractivity contribution in [1.82, 2.24) is 19.8 Å². The van der Waals surface area contributed by atoms with Crippen LogP contribution in [-0.2, 0) is 17.8 Å². The quantitative estimate of drug-likeness (QED) is 0.770. The van der Waals surface area contributed by atoms with E-state index in [0.717, 1.165) is 38.2 Å². The summed E-state index contributed by atoms with van der Waals surface area (Å²) in [4.78, 5) is 18.1. The number of carbonyl (C=O) groups excluding carboxylic acids is 1. The Balaban J connectivity index is 1.67. The molecule has 0 spiro atoms. The van der Waals surface area contributed by atoms with Crippen molar-refractivity contribution in [2.75, 3.05) is 26.2 Å². The third kappa shape index (κ3) is 4.31. The van der Waals surface area contributed by atoms with Crippen LogP contribution in [0.2, 0.25) is 0 Å². The molecular formula is C14H24N4O2. The maximum absolute atomic E-state index is 11.8. The topological polar surface area (TPSA) is 70.4 Å². The largest absolute Gasteiger partial charge is 0.392 e. The summed E-state index contributed by atoms with van der Waals surface area (Å²) in [7, 11) is 0. The molecule has 1 aliphatic rings. The molecule has 6 heteroatoms. The van der Waals surface area contributed by atoms with Gasteiger partial charge in [0.25, 0.3) is 0 Å². The fourth-order valence-corrected chi connectivity index (χ4v) is 2.61. The van der Waals surface area contributed by atoms with Crippen LogP contribution < -0.4 is 5.32 Å². The van der Waals surface area contributed by atoms with Crippen molar-refractivity contribution in [3.05, 3.63) is 18.2 Å². The zero-order chi connectivity index (χ0) is 14.4. The number of aryl methyl sites for hydroxylation is 1. The van der Waals surface area contributed by atoms with Gasteiger partial charge in [0, 0.05) is 38.4 Å². The molecule has 1 aliphatic heterocycles. The Morgan fingerprint density at radius 2 is 2.45 bits per heavy atom. The number of likely N-dealkylation sites (tertiary alicyclic amines) is 1. The molecule has 2 rings (SSSR count). The molecule has 0 aliphatic carbocycles. The normalized spacial score (nSPS) is 20.0. The number of rotatable bonds is 6. The molecule has 0 bridgehead atoms. The van der Waals surface area contributed by atoms with E-state index in [1.54, 1.807) is 6.20 Å². The maximum Gasteiger partial charge on any atom is 0.234 e. The number of aromatic nitrogens is 2. The molecule has 1 atom stereocenters. The smallest absolute Gasteiger partial charge is 0.234 e. The zero-order valence-corrected chi connectivity index (χ0v) is 12.1. The average Bonchev–Trinajstić information content (AvgIpc) is 2.86. The molecule has 1 aromatic rings. The van der Waals surface area contributed by atoms with E-state index in [9.17, 15) is 9.90 Å². The van der Waals surface area contributed by atoms with Gasteiger partial charge in [-0.3, -0.25) is 9.69 Å². The highest BCUT2D eigenvalue weighted by atomic mass is 16.3. The van der Waals surface area contributed by atoms with Crippen LogP contribution in [0.1, 0.15) is 25.6 Å². The summed E-state index contributed by atoms with van der Waals surface area (Å²) in [6.45, 7) is 5.30. The lowest BCUT2D eigenvalue weighted by atomic mass is 10.1. The van der Waals surface area contributed by atoms with Crippen LogP contribution in [0.25, 0.3) is 0 Å². The Labute approximate surface area is 119 Å². The molecule has 1 saturated heterocycles. The van der Waals surface area contributed by atoms with Crippen molar-refractivity contribution in [2.45, 2.75) is 38.8 Å². The maximum atomic E-state index is 11.8. The van der Waals surface area contributed by atoms with Gasteiger partial charge in [0.05, 0.1) is 12.6 Å². The Morgan fingerprint density at radius 3 is 3.20 bits per heavy atom. The summed E-state index contributed by atoms with van der Waals surface area (Å²) in [5.41, 5.74) is 0. The number of hydrogen-bond acceptors (Lipinski definition) is 4. The van der Waals surface area contributed by atoms with Crippen LogP contribution >= 0.6 is 0 Å². The SMILES string of the molecule is CCc1nccn1CCNC(=O)CN1CCC[C@@H](O)C1. The first-order valence-corrected chi connectivity index (χ1v) is 7.36. The summed E-state index contributed by atoms with van der Waals surface area (Å²) in [6.07, 6.45) is 6.14. The monoisotopic (exact) mass is 280 g/mol. The van der Waals surface area contributed by atoms with Crippen molar-refractivity contribution < 1.29 is 9.90 Å². The molecule has 0 unspecified atom stereocenters. The Bertz CT molecular complexity index is 433. The standard InChI is InChI=1S/C14H24N4O2/c1-2-13-15-5-8-18(13)9-6-16-14(20)11-17-7-3-4-12(19)10-17/h5,8,12,19H,2-4,6-7,9-11H2,1H3,(H,16,20)/t12-/m1/s1. The van der Waals surface area contributed by atoms with Gasteiger partial charge >= 0.3 is 0 Å². The lowest BCUT2D eigenvalue weighted by Crippen LogP contribution is -2.44. The van der Waals surface area contributed by atoms with E-state index in [2.05, 4.69) is 21.8 Å². The van der Waals surface area contributed by atoms with Crippen LogP contribution in [0, 0.1) is 0 Å². The third-order valence-corrected chi connectivity index (χ3v) is 3.64. The number of nitrogens with zero attached hydrogens (tertiary/aromatic N) is 3. The predicted octanol–water partition coefficient (Wildman–Crippen LogP) is 0.0184. The summed E-state index contributed by atoms with van der Waals surface area (Å²) < 4.78 is 2.06. The van der Waals surface area contributed by atoms with Crippen LogP contribution in [0.5, 0.6) is 0 Å². The highest BCUT2D eigenvalue weighted by molar-refractivity contribution is 5.77. The minimum atomic E-state index is -0.283. The van der Waals surface area contributed by atoms with Gasteiger partial charge < -0.3 is 15.0 Å². The number of β-amino-alcohol motifs (C(OH)–C–C–N with tert-alkyl or cyclic N) is 1. The molecule has 1 amide bonds. The highest BCUT2D eigenvalue weighted by Gasteiger charge is 2.19. The molecule has 1 fully saturated rings. The van der Waals surface area contributed by atoms with Gasteiger partial charge in [0.1, 0.15) is 5.82 Å². The fourth-order valence-electron chi connectivity index (χ4n) is 2.61. The number of hydrogen-bond donors (Lipinski definition) is 2. The second-order valence-electron chi connectivity index (χ2n) is 5.27. The van der Waals surface area contributed by atoms with Gasteiger partial charge in [-0.1, -0.05) is 6.92 Å². The molecule has 0 saturated carbocycles. The molecule has 2 heterocycles. The summed E-state index contributed by atoms with van der Waals surface area (Å²) in [5.74, 6) is 1.07. The zero-order valence-electron chi connectivity index (χ0n) is 12.1. The van der Waals surface area contributed by atoms with Crippen LogP contribution in [0.3, 0.4) is 0 Å². The second kappa shape index (κ2) is 7.40. The molecule has 2 N–H and O–H groups in total. The first-order valence-electron chi connectivity index (χ1n) is 7.36. The third-order valence-electron chi connectivity index (χ3n) is 3.64. The van der Waals surface area contributed by atoms with Crippen LogP contribution in [0.15, 0.2) is 12.4 Å². The van der Waals surface area contributed by atoms with Crippen molar-refractivity contribution in [3.8, 4) is 0 Å². The second-order valence-corrected chi connectivity index (χ2v) is 5.27. The average molecular weight is 280 g/mol. The van der Waals surface area contributed by atoms with E-state index in [0.29, 0.717) is 19.6 Å². The Hall–Kier alpha value is -1.40. The number of carbonyl (C=O) groups is 1. The number of imidazole rings is 1. The van der Waals surface area contributed by atoms with Crippen molar-refractivity contribution >= 4 is 5.91 Å². The molecule has 0 aromatic carbocycles. The molecule has 0 radical (unpaired) electrons. The van der Waals surface area contributed by atoms with Gasteiger partial charge in [-0.05, 0) is 19.4 Å². The molecule has 6 nitrogen and oxygen atoms in total. The molecular weight excluding hydrogens is 256 g/mol. The lowest BCUT2D eigenvalue weighted by molar-refractivity contribution is -0.122. The lowest BCUT2D eigenvalue weighted by Gasteiger charge is -2.29. The van der Waals surface area contributed by atoms with Crippen LogP contribution in [-0.4, -0.2) is 57.7 Å². The van der Waals surface area contributed by atoms with E-state index in [-0.39, 0.29) is 12.0 Å². The first kappa shape index (κ1) is 15.0. The number of amides is 1. The van der Waals surface area contributed by atoms with E-state index >= 15 is 0 Å². The highest BCUT2D eigenvalue weighted by Crippen LogP contribution is 2.08. The fraction of sp³-hybridized carbons (Fsp3) is 0.714. The first-order chi connectivity index (χ1) is 9.69. The van der Waals surface area contributed by atoms with E-state index in [4.69, 9.17) is 0 Å². The number of aliphatic hydroxyl groups excluding tert-OH is 1. The van der Waals surface area contributed by atoms with E-state index < -0.39 is 0 Å². The van der Waals surface area contributed by atoms with Crippen LogP contribution in [0.4, 0.5) is 0 Å². The molecule has 112 valence electrons. The van der Waals surface area contributed by atoms with E-state index in [1.165, 1.54) is 0 Å². The van der Waals surface area contributed by atoms with Crippen molar-refractivity contribution in [3.63, 3.8) is 0 Å². The van der Waals surface area contributed by atoms with Gasteiger partial charge in [-0.15, -0.1) is 0 Å². The van der Waals surface area contributed by atoms with Gasteiger partial charge in [-0.2, -0.15) is 0 Å². The van der Waals surface area contributed by atoms with Crippen molar-refractivity contribution in [2.24, 2.45) is 0 Å². The number of nitrogens with one attached hydrogen (secondary N) is 1. The number of aliphatic hydroxyl groups is 1. The minimum absolute atomic E-state index is 0.0252. The Morgan fingerprint density at radius 1 is 1.60 bits per heavy atom. The molecule has 1 aromatic heterocycles. The van der Waals surface area contributed by atoms with E-state index in [1.807, 2.05) is 11.1 Å². The van der Waals surface area contributed by atoms with Gasteiger partial charge in [-0.25, -0.2) is 4.98 Å². The predicted molar refractivity (Wildman–Crippen MR) is 76.3 cm³/mol. The minimum Gasteiger partial charge on any atom is -0.392 e. The van der Waals surface area contributed by atoms with Gasteiger partial charge in [0.15, 0.2) is 0 Å².